The molecule has 29 heavy (non-hydrogen) atoms. The highest BCUT2D eigenvalue weighted by Crippen LogP contribution is 2.31. The normalized spacial score (nSPS) is 19.0. The minimum atomic E-state index is -0.113. The van der Waals surface area contributed by atoms with Crippen LogP contribution in [0.3, 0.4) is 0 Å². The number of anilines is 1. The van der Waals surface area contributed by atoms with Crippen molar-refractivity contribution in [2.75, 3.05) is 57.4 Å². The largest absolute Gasteiger partial charge is 0.442 e. The maximum absolute atomic E-state index is 13.0. The highest BCUT2D eigenvalue weighted by atomic mass is 16.5. The van der Waals surface area contributed by atoms with Gasteiger partial charge in [-0.25, -0.2) is 9.97 Å². The molecule has 158 valence electrons. The van der Waals surface area contributed by atoms with Crippen LogP contribution < -0.4 is 10.2 Å². The second-order valence-electron chi connectivity index (χ2n) is 8.14. The van der Waals surface area contributed by atoms with Gasteiger partial charge in [0.1, 0.15) is 17.9 Å². The summed E-state index contributed by atoms with van der Waals surface area (Å²) >= 11 is 0. The highest BCUT2D eigenvalue weighted by molar-refractivity contribution is 6.10. The summed E-state index contributed by atoms with van der Waals surface area (Å²) in [6.45, 7) is 10.9. The van der Waals surface area contributed by atoms with Gasteiger partial charge < -0.3 is 24.3 Å². The lowest BCUT2D eigenvalue weighted by Crippen LogP contribution is -2.37. The first-order valence-corrected chi connectivity index (χ1v) is 10.7. The number of carbonyl (C=O) groups is 1. The second-order valence-corrected chi connectivity index (χ2v) is 8.14. The number of furan rings is 1. The predicted octanol–water partition coefficient (Wildman–Crippen LogP) is 2.22. The lowest BCUT2D eigenvalue weighted by Gasteiger charge is -2.30. The van der Waals surface area contributed by atoms with Crippen molar-refractivity contribution in [3.05, 3.63) is 17.7 Å². The van der Waals surface area contributed by atoms with E-state index in [1.54, 1.807) is 0 Å². The van der Waals surface area contributed by atoms with Gasteiger partial charge in [-0.1, -0.05) is 6.92 Å². The lowest BCUT2D eigenvalue weighted by molar-refractivity contribution is 0.0950. The number of morpholine rings is 1. The van der Waals surface area contributed by atoms with Crippen LogP contribution in [0.25, 0.3) is 11.1 Å². The highest BCUT2D eigenvalue weighted by Gasteiger charge is 2.26. The third-order valence-electron chi connectivity index (χ3n) is 5.99. The monoisotopic (exact) mass is 401 g/mol. The fourth-order valence-corrected chi connectivity index (χ4v) is 4.20. The van der Waals surface area contributed by atoms with Crippen LogP contribution in [-0.4, -0.2) is 73.3 Å². The van der Waals surface area contributed by atoms with Crippen molar-refractivity contribution in [2.24, 2.45) is 5.92 Å². The molecule has 0 spiro atoms. The first-order chi connectivity index (χ1) is 14.1. The zero-order valence-electron chi connectivity index (χ0n) is 17.4. The topological polar surface area (TPSA) is 83.7 Å². The molecule has 2 aliphatic rings. The molecule has 0 aliphatic carbocycles. The summed E-state index contributed by atoms with van der Waals surface area (Å²) in [6.07, 6.45) is 4.99. The summed E-state index contributed by atoms with van der Waals surface area (Å²) in [7, 11) is 0. The first-order valence-electron chi connectivity index (χ1n) is 10.7. The van der Waals surface area contributed by atoms with E-state index in [0.29, 0.717) is 42.2 Å². The minimum absolute atomic E-state index is 0.113. The molecule has 0 atom stereocenters. The molecule has 0 aromatic carbocycles. The summed E-state index contributed by atoms with van der Waals surface area (Å²) in [6, 6.07) is 0. The molecule has 2 aliphatic heterocycles. The van der Waals surface area contributed by atoms with Crippen molar-refractivity contribution in [3.63, 3.8) is 0 Å². The summed E-state index contributed by atoms with van der Waals surface area (Å²) in [5, 5.41) is 3.78. The van der Waals surface area contributed by atoms with E-state index in [2.05, 4.69) is 32.0 Å². The van der Waals surface area contributed by atoms with E-state index in [-0.39, 0.29) is 5.91 Å². The van der Waals surface area contributed by atoms with Crippen LogP contribution in [-0.2, 0) is 4.74 Å². The van der Waals surface area contributed by atoms with E-state index in [1.165, 1.54) is 32.3 Å². The first kappa shape index (κ1) is 20.1. The molecule has 8 nitrogen and oxygen atoms in total. The molecular weight excluding hydrogens is 370 g/mol. The molecule has 2 aromatic rings. The van der Waals surface area contributed by atoms with Gasteiger partial charge in [-0.15, -0.1) is 0 Å². The Kier molecular flexibility index (Phi) is 6.30. The number of nitrogens with one attached hydrogen (secondary N) is 1. The number of hydrogen-bond acceptors (Lipinski definition) is 7. The quantitative estimate of drug-likeness (QED) is 0.743. The van der Waals surface area contributed by atoms with Gasteiger partial charge in [0.15, 0.2) is 0 Å². The maximum atomic E-state index is 13.0. The molecule has 8 heteroatoms. The van der Waals surface area contributed by atoms with Crippen LogP contribution in [0.5, 0.6) is 0 Å². The zero-order chi connectivity index (χ0) is 20.2. The fraction of sp³-hybridized carbons (Fsp3) is 0.667. The van der Waals surface area contributed by atoms with E-state index in [1.807, 2.05) is 6.92 Å². The van der Waals surface area contributed by atoms with Crippen LogP contribution in [0.2, 0.25) is 0 Å². The van der Waals surface area contributed by atoms with Gasteiger partial charge in [0.25, 0.3) is 5.91 Å². The van der Waals surface area contributed by atoms with Crippen molar-refractivity contribution in [2.45, 2.75) is 33.1 Å². The zero-order valence-corrected chi connectivity index (χ0v) is 17.4. The SMILES string of the molecule is Cc1oc2ncnc(N3CCOCC3)c2c1C(=O)NCCCN1CCC(C)CC1. The molecule has 0 radical (unpaired) electrons. The molecule has 0 unspecified atom stereocenters. The van der Waals surface area contributed by atoms with Crippen molar-refractivity contribution in [1.82, 2.24) is 20.2 Å². The number of fused-ring (bicyclic) bond motifs is 1. The fourth-order valence-electron chi connectivity index (χ4n) is 4.20. The number of piperidine rings is 1. The number of nitrogens with zero attached hydrogens (tertiary/aromatic N) is 4. The third kappa shape index (κ3) is 4.53. The predicted molar refractivity (Wildman–Crippen MR) is 111 cm³/mol. The average molecular weight is 402 g/mol. The Balaban J connectivity index is 1.42. The smallest absolute Gasteiger partial charge is 0.255 e. The van der Waals surface area contributed by atoms with Crippen LogP contribution in [0.4, 0.5) is 5.82 Å². The van der Waals surface area contributed by atoms with Gasteiger partial charge in [-0.05, 0) is 51.7 Å². The molecule has 2 aromatic heterocycles. The van der Waals surface area contributed by atoms with Crippen molar-refractivity contribution < 1.29 is 13.9 Å². The summed E-state index contributed by atoms with van der Waals surface area (Å²) in [4.78, 5) is 26.3. The van der Waals surface area contributed by atoms with E-state index in [4.69, 9.17) is 9.15 Å². The summed E-state index contributed by atoms with van der Waals surface area (Å²) in [5.74, 6) is 2.06. The summed E-state index contributed by atoms with van der Waals surface area (Å²) < 4.78 is 11.2. The van der Waals surface area contributed by atoms with Crippen molar-refractivity contribution in [3.8, 4) is 0 Å². The van der Waals surface area contributed by atoms with E-state index in [0.717, 1.165) is 37.8 Å². The Morgan fingerprint density at radius 3 is 2.72 bits per heavy atom. The molecule has 2 saturated heterocycles. The van der Waals surface area contributed by atoms with E-state index < -0.39 is 0 Å². The Bertz CT molecular complexity index is 838. The maximum Gasteiger partial charge on any atom is 0.255 e. The van der Waals surface area contributed by atoms with Crippen LogP contribution in [0.1, 0.15) is 42.3 Å². The molecule has 1 N–H and O–H groups in total. The van der Waals surface area contributed by atoms with E-state index >= 15 is 0 Å². The number of amides is 1. The molecule has 4 heterocycles. The van der Waals surface area contributed by atoms with Gasteiger partial charge in [0, 0.05) is 19.6 Å². The average Bonchev–Trinajstić information content (AvgIpc) is 3.09. The third-order valence-corrected chi connectivity index (χ3v) is 5.99. The molecule has 4 rings (SSSR count). The summed E-state index contributed by atoms with van der Waals surface area (Å²) in [5.41, 5.74) is 1.01. The van der Waals surface area contributed by atoms with Gasteiger partial charge >= 0.3 is 0 Å². The number of ether oxygens (including phenoxy) is 1. The van der Waals surface area contributed by atoms with E-state index in [9.17, 15) is 4.79 Å². The number of likely N-dealkylation sites (tertiary alicyclic amines) is 1. The minimum Gasteiger partial charge on any atom is -0.442 e. The molecular formula is C21H31N5O3. The molecule has 0 saturated carbocycles. The number of aryl methyl sites for hydroxylation is 1. The second kappa shape index (κ2) is 9.09. The molecule has 1 amide bonds. The van der Waals surface area contributed by atoms with Crippen molar-refractivity contribution in [1.29, 1.82) is 0 Å². The lowest BCUT2D eigenvalue weighted by atomic mass is 9.99. The van der Waals surface area contributed by atoms with Crippen LogP contribution in [0.15, 0.2) is 10.7 Å². The number of rotatable bonds is 6. The van der Waals surface area contributed by atoms with Crippen LogP contribution >= 0.6 is 0 Å². The van der Waals surface area contributed by atoms with Gasteiger partial charge in [0.05, 0.1) is 24.2 Å². The Morgan fingerprint density at radius 2 is 1.97 bits per heavy atom. The number of hydrogen-bond donors (Lipinski definition) is 1. The molecule has 2 fully saturated rings. The number of aromatic nitrogens is 2. The Hall–Kier alpha value is -2.19. The Labute approximate surface area is 171 Å². The van der Waals surface area contributed by atoms with Crippen molar-refractivity contribution >= 4 is 22.8 Å². The molecule has 0 bridgehead atoms. The van der Waals surface area contributed by atoms with Crippen LogP contribution in [0, 0.1) is 12.8 Å². The number of carbonyl (C=O) groups excluding carboxylic acids is 1. The standard InChI is InChI=1S/C21H31N5O3/c1-15-4-8-25(9-5-15)7-3-6-22-20(27)17-16(2)29-21-18(17)19(23-14-24-21)26-10-12-28-13-11-26/h14-15H,3-13H2,1-2H3,(H,22,27). The Morgan fingerprint density at radius 1 is 1.21 bits per heavy atom. The van der Waals surface area contributed by atoms with Gasteiger partial charge in [-0.3, -0.25) is 4.79 Å². The van der Waals surface area contributed by atoms with Gasteiger partial charge in [0.2, 0.25) is 5.71 Å². The van der Waals surface area contributed by atoms with Gasteiger partial charge in [-0.2, -0.15) is 0 Å².